The number of nitro groups is 1. The summed E-state index contributed by atoms with van der Waals surface area (Å²) in [6.45, 7) is 2.63. The van der Waals surface area contributed by atoms with Crippen LogP contribution in [-0.2, 0) is 4.79 Å². The Labute approximate surface area is 114 Å². The number of carbonyl (C=O) groups excluding carboxylic acids is 1. The van der Waals surface area contributed by atoms with Crippen LogP contribution in [0, 0.1) is 10.1 Å². The van der Waals surface area contributed by atoms with Crippen molar-refractivity contribution in [1.29, 1.82) is 0 Å². The molecule has 2 heterocycles. The molecule has 0 aliphatic carbocycles. The van der Waals surface area contributed by atoms with Gasteiger partial charge >= 0.3 is 5.82 Å². The van der Waals surface area contributed by atoms with Crippen LogP contribution in [0.5, 0.6) is 0 Å². The molecule has 0 aliphatic heterocycles. The van der Waals surface area contributed by atoms with Crippen LogP contribution in [0.2, 0.25) is 0 Å². The molecule has 9 nitrogen and oxygen atoms in total. The van der Waals surface area contributed by atoms with Crippen LogP contribution in [0.3, 0.4) is 0 Å². The van der Waals surface area contributed by atoms with E-state index in [2.05, 4.69) is 20.7 Å². The van der Waals surface area contributed by atoms with Crippen molar-refractivity contribution in [1.82, 2.24) is 19.9 Å². The van der Waals surface area contributed by atoms with Gasteiger partial charge < -0.3 is 20.7 Å². The van der Waals surface area contributed by atoms with E-state index in [-0.39, 0.29) is 18.3 Å². The monoisotopic (exact) mass is 278 g/mol. The van der Waals surface area contributed by atoms with Crippen LogP contribution >= 0.6 is 0 Å². The van der Waals surface area contributed by atoms with Crippen molar-refractivity contribution in [3.63, 3.8) is 0 Å². The van der Waals surface area contributed by atoms with Gasteiger partial charge in [0.25, 0.3) is 0 Å². The highest BCUT2D eigenvalue weighted by molar-refractivity contribution is 5.80. The first-order chi connectivity index (χ1) is 9.61. The Morgan fingerprint density at radius 1 is 1.50 bits per heavy atom. The van der Waals surface area contributed by atoms with E-state index in [1.165, 1.54) is 0 Å². The molecule has 0 saturated carbocycles. The molecule has 0 fully saturated rings. The van der Waals surface area contributed by atoms with E-state index in [0.29, 0.717) is 18.0 Å². The van der Waals surface area contributed by atoms with E-state index in [1.807, 2.05) is 6.92 Å². The van der Waals surface area contributed by atoms with Gasteiger partial charge in [-0.15, -0.1) is 0 Å². The number of imidazole rings is 1. The molecular formula is C11H14N6O3. The lowest BCUT2D eigenvalue weighted by atomic mass is 10.4. The minimum Gasteiger partial charge on any atom is -0.358 e. The maximum absolute atomic E-state index is 11.4. The molecule has 0 radical (unpaired) electrons. The standard InChI is InChI=1S/C11H14N6O3/c1-2-5-12-10(18)6-13-8-3-4-9-14-7-11(17(19)20)16(9)15-8/h3-4,7H,2,5-6H2,1H3,(H,12,18)(H,13,15). The number of nitrogens with one attached hydrogen (secondary N) is 2. The molecule has 0 saturated heterocycles. The summed E-state index contributed by atoms with van der Waals surface area (Å²) in [5.74, 6) is -0.0155. The second-order valence-corrected chi connectivity index (χ2v) is 4.07. The summed E-state index contributed by atoms with van der Waals surface area (Å²) >= 11 is 0. The Morgan fingerprint density at radius 3 is 3.00 bits per heavy atom. The van der Waals surface area contributed by atoms with Gasteiger partial charge in [-0.2, -0.15) is 0 Å². The van der Waals surface area contributed by atoms with Crippen molar-refractivity contribution in [2.45, 2.75) is 13.3 Å². The molecule has 9 heteroatoms. The average Bonchev–Trinajstić information content (AvgIpc) is 2.86. The molecule has 0 atom stereocenters. The van der Waals surface area contributed by atoms with E-state index in [4.69, 9.17) is 0 Å². The predicted molar refractivity (Wildman–Crippen MR) is 71.4 cm³/mol. The molecule has 1 amide bonds. The zero-order valence-electron chi connectivity index (χ0n) is 10.9. The quantitative estimate of drug-likeness (QED) is 0.590. The first-order valence-corrected chi connectivity index (χ1v) is 6.11. The number of aromatic nitrogens is 3. The van der Waals surface area contributed by atoms with Crippen molar-refractivity contribution in [3.8, 4) is 0 Å². The summed E-state index contributed by atoms with van der Waals surface area (Å²) in [5, 5.41) is 20.3. The molecular weight excluding hydrogens is 264 g/mol. The Bertz CT molecular complexity index is 638. The van der Waals surface area contributed by atoms with Crippen molar-refractivity contribution in [3.05, 3.63) is 28.4 Å². The number of anilines is 1. The molecule has 0 aromatic carbocycles. The zero-order valence-corrected chi connectivity index (χ0v) is 10.9. The Hall–Kier alpha value is -2.71. The fraction of sp³-hybridized carbons (Fsp3) is 0.364. The van der Waals surface area contributed by atoms with E-state index in [1.54, 1.807) is 12.1 Å². The maximum atomic E-state index is 11.4. The summed E-state index contributed by atoms with van der Waals surface area (Å²) in [5.41, 5.74) is 0.373. The van der Waals surface area contributed by atoms with E-state index in [9.17, 15) is 14.9 Å². The van der Waals surface area contributed by atoms with Crippen LogP contribution in [0.4, 0.5) is 11.6 Å². The van der Waals surface area contributed by atoms with Gasteiger partial charge in [-0.1, -0.05) is 16.5 Å². The van der Waals surface area contributed by atoms with Gasteiger partial charge in [0.05, 0.1) is 6.54 Å². The van der Waals surface area contributed by atoms with E-state index in [0.717, 1.165) is 17.1 Å². The van der Waals surface area contributed by atoms with Crippen molar-refractivity contribution >= 4 is 23.2 Å². The lowest BCUT2D eigenvalue weighted by molar-refractivity contribution is -0.391. The van der Waals surface area contributed by atoms with Crippen LogP contribution in [0.1, 0.15) is 13.3 Å². The van der Waals surface area contributed by atoms with Crippen LogP contribution in [0.15, 0.2) is 18.3 Å². The second kappa shape index (κ2) is 5.95. The third kappa shape index (κ3) is 2.99. The van der Waals surface area contributed by atoms with Gasteiger partial charge in [0.15, 0.2) is 5.82 Å². The van der Waals surface area contributed by atoms with Gasteiger partial charge in [0.1, 0.15) is 6.20 Å². The molecule has 2 aromatic rings. The number of fused-ring (bicyclic) bond motifs is 1. The zero-order chi connectivity index (χ0) is 14.5. The van der Waals surface area contributed by atoms with Crippen molar-refractivity contribution < 1.29 is 9.72 Å². The SMILES string of the molecule is CCCNC(=O)CNc1ccc2ncc([N+](=O)[O-])n2n1. The fourth-order valence-corrected chi connectivity index (χ4v) is 1.58. The third-order valence-electron chi connectivity index (χ3n) is 2.53. The first-order valence-electron chi connectivity index (χ1n) is 6.11. The van der Waals surface area contributed by atoms with Crippen LogP contribution < -0.4 is 10.6 Å². The lowest BCUT2D eigenvalue weighted by Crippen LogP contribution is -2.30. The topological polar surface area (TPSA) is 114 Å². The molecule has 106 valence electrons. The molecule has 2 N–H and O–H groups in total. The molecule has 2 aromatic heterocycles. The highest BCUT2D eigenvalue weighted by Gasteiger charge is 2.16. The molecule has 0 spiro atoms. The highest BCUT2D eigenvalue weighted by atomic mass is 16.6. The van der Waals surface area contributed by atoms with E-state index < -0.39 is 4.92 Å². The number of hydrogen-bond acceptors (Lipinski definition) is 6. The summed E-state index contributed by atoms with van der Waals surface area (Å²) in [6.07, 6.45) is 2.00. The minimum absolute atomic E-state index is 0.0565. The highest BCUT2D eigenvalue weighted by Crippen LogP contribution is 2.14. The third-order valence-corrected chi connectivity index (χ3v) is 2.53. The van der Waals surface area contributed by atoms with Crippen molar-refractivity contribution in [2.75, 3.05) is 18.4 Å². The predicted octanol–water partition coefficient (Wildman–Crippen LogP) is 0.576. The van der Waals surface area contributed by atoms with Crippen molar-refractivity contribution in [2.24, 2.45) is 0 Å². The normalized spacial score (nSPS) is 10.4. The number of nitrogens with zero attached hydrogens (tertiary/aromatic N) is 4. The lowest BCUT2D eigenvalue weighted by Gasteiger charge is -2.05. The Kier molecular flexibility index (Phi) is 4.08. The van der Waals surface area contributed by atoms with Gasteiger partial charge in [-0.05, 0) is 17.4 Å². The second-order valence-electron chi connectivity index (χ2n) is 4.07. The van der Waals surface area contributed by atoms with Gasteiger partial charge in [0.2, 0.25) is 11.6 Å². The molecule has 0 unspecified atom stereocenters. The molecule has 0 bridgehead atoms. The minimum atomic E-state index is -0.565. The van der Waals surface area contributed by atoms with Gasteiger partial charge in [-0.25, -0.2) is 4.98 Å². The largest absolute Gasteiger partial charge is 0.368 e. The van der Waals surface area contributed by atoms with Crippen LogP contribution in [-0.4, -0.2) is 38.5 Å². The Morgan fingerprint density at radius 2 is 2.30 bits per heavy atom. The molecule has 0 aliphatic rings. The summed E-state index contributed by atoms with van der Waals surface area (Å²) < 4.78 is 1.12. The Balaban J connectivity index is 2.09. The average molecular weight is 278 g/mol. The smallest absolute Gasteiger partial charge is 0.358 e. The van der Waals surface area contributed by atoms with Crippen LogP contribution in [0.25, 0.3) is 5.65 Å². The maximum Gasteiger partial charge on any atom is 0.368 e. The fourth-order valence-electron chi connectivity index (χ4n) is 1.58. The summed E-state index contributed by atoms with van der Waals surface area (Å²) in [4.78, 5) is 25.5. The molecule has 20 heavy (non-hydrogen) atoms. The molecule has 2 rings (SSSR count). The van der Waals surface area contributed by atoms with Gasteiger partial charge in [-0.3, -0.25) is 4.79 Å². The number of amides is 1. The van der Waals surface area contributed by atoms with Gasteiger partial charge in [0, 0.05) is 12.6 Å². The summed E-state index contributed by atoms with van der Waals surface area (Å²) in [7, 11) is 0. The number of hydrogen-bond donors (Lipinski definition) is 2. The number of rotatable bonds is 6. The van der Waals surface area contributed by atoms with E-state index >= 15 is 0 Å². The summed E-state index contributed by atoms with van der Waals surface area (Å²) in [6, 6.07) is 3.20. The number of carbonyl (C=O) groups is 1. The first kappa shape index (κ1) is 13.7.